The lowest BCUT2D eigenvalue weighted by atomic mass is 10.2. The zero-order valence-electron chi connectivity index (χ0n) is 18.1. The van der Waals surface area contributed by atoms with Crippen molar-refractivity contribution in [3.8, 4) is 17.2 Å². The molecular formula is C22H23ClN4O5S. The van der Waals surface area contributed by atoms with Crippen molar-refractivity contribution in [2.24, 2.45) is 0 Å². The van der Waals surface area contributed by atoms with Gasteiger partial charge in [-0.15, -0.1) is 0 Å². The summed E-state index contributed by atoms with van der Waals surface area (Å²) in [4.78, 5) is 17.1. The maximum atomic E-state index is 12.7. The summed E-state index contributed by atoms with van der Waals surface area (Å²) in [6.07, 6.45) is 4.80. The van der Waals surface area contributed by atoms with E-state index in [1.807, 2.05) is 0 Å². The SMILES string of the molecule is COc1cc(OC)c(NC(=O)c2cn(-c3ccc(S(=O)(=O)N4CCCC4)cc3)cn2)cc1Cl. The third-order valence-corrected chi connectivity index (χ3v) is 7.58. The molecule has 0 saturated carbocycles. The van der Waals surface area contributed by atoms with Crippen molar-refractivity contribution >= 4 is 33.2 Å². The molecule has 1 aromatic heterocycles. The van der Waals surface area contributed by atoms with Gasteiger partial charge < -0.3 is 19.4 Å². The lowest BCUT2D eigenvalue weighted by molar-refractivity contribution is 0.102. The van der Waals surface area contributed by atoms with E-state index in [1.165, 1.54) is 30.9 Å². The number of methoxy groups -OCH3 is 2. The van der Waals surface area contributed by atoms with Gasteiger partial charge in [-0.25, -0.2) is 13.4 Å². The van der Waals surface area contributed by atoms with Crippen molar-refractivity contribution in [3.63, 3.8) is 0 Å². The lowest BCUT2D eigenvalue weighted by Gasteiger charge is -2.15. The number of sulfonamides is 1. The van der Waals surface area contributed by atoms with E-state index in [0.29, 0.717) is 41.0 Å². The number of amides is 1. The van der Waals surface area contributed by atoms with Gasteiger partial charge in [-0.1, -0.05) is 11.6 Å². The minimum absolute atomic E-state index is 0.165. The van der Waals surface area contributed by atoms with Crippen LogP contribution in [0.25, 0.3) is 5.69 Å². The van der Waals surface area contributed by atoms with Gasteiger partial charge >= 0.3 is 0 Å². The fourth-order valence-corrected chi connectivity index (χ4v) is 5.35. The van der Waals surface area contributed by atoms with Gasteiger partial charge in [-0.2, -0.15) is 4.31 Å². The fraction of sp³-hybridized carbons (Fsp3) is 0.273. The highest BCUT2D eigenvalue weighted by Crippen LogP contribution is 2.36. The van der Waals surface area contributed by atoms with E-state index in [1.54, 1.807) is 41.1 Å². The summed E-state index contributed by atoms with van der Waals surface area (Å²) < 4.78 is 39.0. The lowest BCUT2D eigenvalue weighted by Crippen LogP contribution is -2.27. The molecule has 1 fully saturated rings. The van der Waals surface area contributed by atoms with E-state index in [-0.39, 0.29) is 10.6 Å². The third-order valence-electron chi connectivity index (χ3n) is 5.38. The largest absolute Gasteiger partial charge is 0.495 e. The van der Waals surface area contributed by atoms with E-state index in [2.05, 4.69) is 10.3 Å². The predicted molar refractivity (Wildman–Crippen MR) is 124 cm³/mol. The standard InChI is InChI=1S/C22H23ClN4O5S/c1-31-20-12-21(32-2)18(11-17(20)23)25-22(28)19-13-26(14-24-19)15-5-7-16(8-6-15)33(29,30)27-9-3-4-10-27/h5-8,11-14H,3-4,9-10H2,1-2H3,(H,25,28). The number of rotatable bonds is 7. The van der Waals surface area contributed by atoms with Crippen LogP contribution in [0.2, 0.25) is 5.02 Å². The number of hydrogen-bond donors (Lipinski definition) is 1. The second-order valence-corrected chi connectivity index (χ2v) is 9.76. The molecule has 1 saturated heterocycles. The molecule has 1 N–H and O–H groups in total. The number of carbonyl (C=O) groups excluding carboxylic acids is 1. The summed E-state index contributed by atoms with van der Waals surface area (Å²) in [6.45, 7) is 1.10. The molecule has 3 aromatic rings. The maximum absolute atomic E-state index is 12.7. The number of hydrogen-bond acceptors (Lipinski definition) is 6. The van der Waals surface area contributed by atoms with E-state index in [0.717, 1.165) is 12.8 Å². The first-order chi connectivity index (χ1) is 15.8. The highest BCUT2D eigenvalue weighted by molar-refractivity contribution is 7.89. The Hall–Kier alpha value is -3.08. The first-order valence-electron chi connectivity index (χ1n) is 10.2. The van der Waals surface area contributed by atoms with Crippen molar-refractivity contribution in [2.75, 3.05) is 32.6 Å². The summed E-state index contributed by atoms with van der Waals surface area (Å²) in [7, 11) is -0.524. The zero-order chi connectivity index (χ0) is 23.6. The fourth-order valence-electron chi connectivity index (χ4n) is 3.59. The molecule has 0 unspecified atom stereocenters. The number of aromatic nitrogens is 2. The van der Waals surface area contributed by atoms with Gasteiger partial charge in [0, 0.05) is 31.0 Å². The molecule has 174 valence electrons. The van der Waals surface area contributed by atoms with E-state index in [4.69, 9.17) is 21.1 Å². The van der Waals surface area contributed by atoms with Crippen LogP contribution >= 0.6 is 11.6 Å². The number of imidazole rings is 1. The van der Waals surface area contributed by atoms with Gasteiger partial charge in [0.15, 0.2) is 0 Å². The van der Waals surface area contributed by atoms with E-state index < -0.39 is 15.9 Å². The second-order valence-electron chi connectivity index (χ2n) is 7.41. The monoisotopic (exact) mass is 490 g/mol. The van der Waals surface area contributed by atoms with Gasteiger partial charge in [-0.05, 0) is 43.2 Å². The topological polar surface area (TPSA) is 103 Å². The average Bonchev–Trinajstić information content (AvgIpc) is 3.52. The molecule has 33 heavy (non-hydrogen) atoms. The van der Waals surface area contributed by atoms with Crippen molar-refractivity contribution in [2.45, 2.75) is 17.7 Å². The number of nitrogens with one attached hydrogen (secondary N) is 1. The van der Waals surface area contributed by atoms with E-state index >= 15 is 0 Å². The molecule has 1 aliphatic heterocycles. The Balaban J connectivity index is 1.51. The molecule has 2 heterocycles. The molecule has 0 spiro atoms. The maximum Gasteiger partial charge on any atom is 0.275 e. The van der Waals surface area contributed by atoms with Crippen LogP contribution in [0.15, 0.2) is 53.8 Å². The van der Waals surface area contributed by atoms with Crippen molar-refractivity contribution < 1.29 is 22.7 Å². The van der Waals surface area contributed by atoms with Gasteiger partial charge in [0.1, 0.15) is 23.5 Å². The first-order valence-corrected chi connectivity index (χ1v) is 12.0. The highest BCUT2D eigenvalue weighted by Gasteiger charge is 2.27. The molecule has 11 heteroatoms. The third kappa shape index (κ3) is 4.68. The van der Waals surface area contributed by atoms with Crippen LogP contribution in [-0.4, -0.2) is 55.5 Å². The molecule has 1 amide bonds. The molecule has 0 aliphatic carbocycles. The van der Waals surface area contributed by atoms with Gasteiger partial charge in [0.05, 0.1) is 29.8 Å². The van der Waals surface area contributed by atoms with Crippen molar-refractivity contribution in [1.82, 2.24) is 13.9 Å². The molecular weight excluding hydrogens is 468 g/mol. The summed E-state index contributed by atoms with van der Waals surface area (Å²) in [5.74, 6) is 0.353. The molecule has 2 aromatic carbocycles. The van der Waals surface area contributed by atoms with Crippen LogP contribution in [0, 0.1) is 0 Å². The smallest absolute Gasteiger partial charge is 0.275 e. The molecule has 1 aliphatic rings. The Morgan fingerprint density at radius 3 is 2.36 bits per heavy atom. The number of nitrogens with zero attached hydrogens (tertiary/aromatic N) is 3. The number of halogens is 1. The van der Waals surface area contributed by atoms with Crippen molar-refractivity contribution in [1.29, 1.82) is 0 Å². The van der Waals surface area contributed by atoms with Crippen LogP contribution in [0.3, 0.4) is 0 Å². The predicted octanol–water partition coefficient (Wildman–Crippen LogP) is 3.58. The molecule has 0 atom stereocenters. The normalized spacial score (nSPS) is 14.3. The Bertz CT molecular complexity index is 1270. The van der Waals surface area contributed by atoms with Gasteiger partial charge in [-0.3, -0.25) is 4.79 Å². The van der Waals surface area contributed by atoms with Crippen LogP contribution in [0.5, 0.6) is 11.5 Å². The number of anilines is 1. The van der Waals surface area contributed by atoms with Gasteiger partial charge in [0.2, 0.25) is 10.0 Å². The number of ether oxygens (including phenoxy) is 2. The van der Waals surface area contributed by atoms with Crippen LogP contribution < -0.4 is 14.8 Å². The summed E-state index contributed by atoms with van der Waals surface area (Å²) in [5, 5.41) is 3.05. The Labute approximate surface area is 196 Å². The number of carbonyl (C=O) groups is 1. The Kier molecular flexibility index (Phi) is 6.59. The minimum Gasteiger partial charge on any atom is -0.495 e. The molecule has 0 bridgehead atoms. The Morgan fingerprint density at radius 2 is 1.73 bits per heavy atom. The average molecular weight is 491 g/mol. The highest BCUT2D eigenvalue weighted by atomic mass is 35.5. The molecule has 0 radical (unpaired) electrons. The molecule has 4 rings (SSSR count). The summed E-state index contributed by atoms with van der Waals surface area (Å²) in [5.41, 5.74) is 1.21. The summed E-state index contributed by atoms with van der Waals surface area (Å²) >= 11 is 6.16. The zero-order valence-corrected chi connectivity index (χ0v) is 19.7. The van der Waals surface area contributed by atoms with E-state index in [9.17, 15) is 13.2 Å². The first kappa shape index (κ1) is 23.1. The quantitative estimate of drug-likeness (QED) is 0.543. The van der Waals surface area contributed by atoms with Crippen molar-refractivity contribution in [3.05, 3.63) is 59.6 Å². The Morgan fingerprint density at radius 1 is 1.06 bits per heavy atom. The van der Waals surface area contributed by atoms with Gasteiger partial charge in [0.25, 0.3) is 5.91 Å². The van der Waals surface area contributed by atoms with Crippen LogP contribution in [-0.2, 0) is 10.0 Å². The summed E-state index contributed by atoms with van der Waals surface area (Å²) in [6, 6.07) is 9.60. The number of benzene rings is 2. The van der Waals surface area contributed by atoms with Crippen LogP contribution in [0.4, 0.5) is 5.69 Å². The minimum atomic E-state index is -3.48. The molecule has 9 nitrogen and oxygen atoms in total. The van der Waals surface area contributed by atoms with Crippen LogP contribution in [0.1, 0.15) is 23.3 Å². The second kappa shape index (κ2) is 9.42.